The average molecular weight is 384 g/mol. The number of unbranched alkanes of at least 4 members (excludes halogenated alkanes) is 3. The summed E-state index contributed by atoms with van der Waals surface area (Å²) < 4.78 is 29.0. The van der Waals surface area contributed by atoms with Crippen LogP contribution in [0.25, 0.3) is 0 Å². The van der Waals surface area contributed by atoms with Crippen LogP contribution >= 0.6 is 0 Å². The number of benzene rings is 1. The highest BCUT2D eigenvalue weighted by molar-refractivity contribution is 7.91. The molecule has 0 aliphatic carbocycles. The number of rotatable bonds is 14. The number of ketones is 1. The van der Waals surface area contributed by atoms with Crippen LogP contribution in [-0.2, 0) is 14.6 Å². The van der Waals surface area contributed by atoms with Gasteiger partial charge in [-0.25, -0.2) is 8.42 Å². The third-order valence-electron chi connectivity index (χ3n) is 4.21. The Kier molecular flexibility index (Phi) is 10.3. The highest BCUT2D eigenvalue weighted by Gasteiger charge is 2.15. The Morgan fingerprint density at radius 1 is 1.08 bits per heavy atom. The number of anilines is 1. The van der Waals surface area contributed by atoms with E-state index in [2.05, 4.69) is 12.2 Å². The number of hydrogen-bond donors (Lipinski definition) is 1. The summed E-state index contributed by atoms with van der Waals surface area (Å²) >= 11 is 0. The molecular formula is C20H33NO4S. The van der Waals surface area contributed by atoms with Crippen molar-refractivity contribution >= 4 is 21.3 Å². The van der Waals surface area contributed by atoms with Crippen LogP contribution in [0.4, 0.5) is 5.69 Å². The van der Waals surface area contributed by atoms with Gasteiger partial charge >= 0.3 is 0 Å². The third-order valence-corrected chi connectivity index (χ3v) is 6.51. The fourth-order valence-corrected chi connectivity index (χ4v) is 3.41. The van der Waals surface area contributed by atoms with Gasteiger partial charge in [-0.2, -0.15) is 0 Å². The highest BCUT2D eigenvalue weighted by Crippen LogP contribution is 2.16. The monoisotopic (exact) mass is 383 g/mol. The van der Waals surface area contributed by atoms with E-state index in [-0.39, 0.29) is 16.8 Å². The van der Waals surface area contributed by atoms with Crippen molar-refractivity contribution in [3.05, 3.63) is 24.3 Å². The molecule has 0 bridgehead atoms. The van der Waals surface area contributed by atoms with Gasteiger partial charge in [0.2, 0.25) is 0 Å². The third kappa shape index (κ3) is 9.22. The van der Waals surface area contributed by atoms with Gasteiger partial charge in [0.25, 0.3) is 0 Å². The van der Waals surface area contributed by atoms with Crippen LogP contribution in [0.2, 0.25) is 0 Å². The molecule has 0 saturated carbocycles. The maximum atomic E-state index is 11.9. The van der Waals surface area contributed by atoms with Gasteiger partial charge in [0.15, 0.2) is 15.6 Å². The molecule has 148 valence electrons. The predicted octanol–water partition coefficient (Wildman–Crippen LogP) is 4.23. The summed E-state index contributed by atoms with van der Waals surface area (Å²) in [5.74, 6) is 1.19. The van der Waals surface area contributed by atoms with Crippen molar-refractivity contribution in [2.24, 2.45) is 0 Å². The minimum atomic E-state index is -2.96. The first-order valence-electron chi connectivity index (χ1n) is 9.55. The second-order valence-corrected chi connectivity index (χ2v) is 9.52. The van der Waals surface area contributed by atoms with Crippen molar-refractivity contribution in [2.45, 2.75) is 64.5 Å². The van der Waals surface area contributed by atoms with E-state index >= 15 is 0 Å². The molecule has 0 fully saturated rings. The van der Waals surface area contributed by atoms with Crippen LogP contribution < -0.4 is 10.1 Å². The fraction of sp³-hybridized carbons (Fsp3) is 0.650. The zero-order valence-electron chi connectivity index (χ0n) is 16.3. The summed E-state index contributed by atoms with van der Waals surface area (Å²) in [5.41, 5.74) is 0.893. The molecule has 0 atom stereocenters. The molecule has 0 amide bonds. The number of ether oxygens (including phenoxy) is 1. The molecular weight excluding hydrogens is 350 g/mol. The number of sulfone groups is 1. The maximum absolute atomic E-state index is 11.9. The quantitative estimate of drug-likeness (QED) is 0.487. The number of carbonyl (C=O) groups excluding carboxylic acids is 1. The van der Waals surface area contributed by atoms with E-state index in [1.165, 1.54) is 0 Å². The number of nitrogens with one attached hydrogen (secondary N) is 1. The molecule has 1 aromatic rings. The summed E-state index contributed by atoms with van der Waals surface area (Å²) in [6.45, 7) is 6.55. The van der Waals surface area contributed by atoms with E-state index < -0.39 is 9.84 Å². The van der Waals surface area contributed by atoms with E-state index in [9.17, 15) is 13.2 Å². The maximum Gasteiger partial charge on any atom is 0.152 e. The molecule has 26 heavy (non-hydrogen) atoms. The van der Waals surface area contributed by atoms with Crippen LogP contribution in [-0.4, -0.2) is 38.4 Å². The van der Waals surface area contributed by atoms with Crippen molar-refractivity contribution in [3.8, 4) is 5.75 Å². The molecule has 1 N–H and O–H groups in total. The zero-order chi connectivity index (χ0) is 19.4. The lowest BCUT2D eigenvalue weighted by Crippen LogP contribution is -2.17. The lowest BCUT2D eigenvalue weighted by molar-refractivity contribution is -0.117. The topological polar surface area (TPSA) is 72.5 Å². The predicted molar refractivity (Wildman–Crippen MR) is 108 cm³/mol. The first kappa shape index (κ1) is 22.5. The number of hydrogen-bond acceptors (Lipinski definition) is 5. The molecule has 0 aromatic heterocycles. The van der Waals surface area contributed by atoms with E-state index in [0.717, 1.165) is 43.7 Å². The number of carbonyl (C=O) groups is 1. The SMILES string of the molecule is CCCCOc1ccc(NCC(=O)CCCCCS(=O)(=O)C(C)C)cc1. The normalized spacial score (nSPS) is 11.5. The minimum Gasteiger partial charge on any atom is -0.494 e. The van der Waals surface area contributed by atoms with Gasteiger partial charge in [-0.1, -0.05) is 19.8 Å². The Labute approximate surface area is 158 Å². The van der Waals surface area contributed by atoms with E-state index in [0.29, 0.717) is 19.4 Å². The fourth-order valence-electron chi connectivity index (χ4n) is 2.33. The molecule has 0 saturated heterocycles. The molecule has 1 rings (SSSR count). The molecule has 0 radical (unpaired) electrons. The van der Waals surface area contributed by atoms with Gasteiger partial charge in [0.05, 0.1) is 24.2 Å². The summed E-state index contributed by atoms with van der Waals surface area (Å²) in [7, 11) is -2.96. The largest absolute Gasteiger partial charge is 0.494 e. The zero-order valence-corrected chi connectivity index (χ0v) is 17.1. The summed E-state index contributed by atoms with van der Waals surface area (Å²) in [4.78, 5) is 11.9. The van der Waals surface area contributed by atoms with Crippen molar-refractivity contribution < 1.29 is 17.9 Å². The van der Waals surface area contributed by atoms with Gasteiger partial charge < -0.3 is 10.1 Å². The van der Waals surface area contributed by atoms with Crippen molar-refractivity contribution in [1.29, 1.82) is 0 Å². The Hall–Kier alpha value is -1.56. The molecule has 0 heterocycles. The smallest absolute Gasteiger partial charge is 0.152 e. The van der Waals surface area contributed by atoms with Crippen LogP contribution in [0.3, 0.4) is 0 Å². The molecule has 5 nitrogen and oxygen atoms in total. The second kappa shape index (κ2) is 11.9. The van der Waals surface area contributed by atoms with Crippen molar-refractivity contribution in [1.82, 2.24) is 0 Å². The van der Waals surface area contributed by atoms with E-state index in [1.807, 2.05) is 24.3 Å². The summed E-state index contributed by atoms with van der Waals surface area (Å²) in [5, 5.41) is 2.80. The molecule has 6 heteroatoms. The lowest BCUT2D eigenvalue weighted by atomic mass is 10.1. The molecule has 0 unspecified atom stereocenters. The number of Topliss-reactive ketones (excluding diaryl/α,β-unsaturated/α-hetero) is 1. The van der Waals surface area contributed by atoms with Gasteiger partial charge in [0.1, 0.15) is 5.75 Å². The molecule has 1 aromatic carbocycles. The Balaban J connectivity index is 2.18. The van der Waals surface area contributed by atoms with E-state index in [1.54, 1.807) is 13.8 Å². The Bertz CT molecular complexity index is 624. The minimum absolute atomic E-state index is 0.139. The Morgan fingerprint density at radius 2 is 1.77 bits per heavy atom. The average Bonchev–Trinajstić information content (AvgIpc) is 2.60. The van der Waals surface area contributed by atoms with Gasteiger partial charge in [-0.15, -0.1) is 0 Å². The van der Waals surface area contributed by atoms with Crippen LogP contribution in [0.1, 0.15) is 59.3 Å². The standard InChI is InChI=1S/C20H33NO4S/c1-4-5-14-25-20-12-10-18(11-13-20)21-16-19(22)9-7-6-8-15-26(23,24)17(2)3/h10-13,17,21H,4-9,14-16H2,1-3H3. The second-order valence-electron chi connectivity index (χ2n) is 6.85. The van der Waals surface area contributed by atoms with Crippen LogP contribution in [0.15, 0.2) is 24.3 Å². The summed E-state index contributed by atoms with van der Waals surface area (Å²) in [6.07, 6.45) is 4.75. The van der Waals surface area contributed by atoms with E-state index in [4.69, 9.17) is 4.74 Å². The van der Waals surface area contributed by atoms with Gasteiger partial charge in [-0.3, -0.25) is 4.79 Å². The first-order chi connectivity index (χ1) is 12.3. The van der Waals surface area contributed by atoms with Gasteiger partial charge in [0, 0.05) is 12.1 Å². The van der Waals surface area contributed by atoms with Gasteiger partial charge in [-0.05, 0) is 57.4 Å². The molecule has 0 aliphatic heterocycles. The lowest BCUT2D eigenvalue weighted by Gasteiger charge is -2.09. The van der Waals surface area contributed by atoms with Crippen LogP contribution in [0, 0.1) is 0 Å². The first-order valence-corrected chi connectivity index (χ1v) is 11.3. The van der Waals surface area contributed by atoms with Crippen molar-refractivity contribution in [3.63, 3.8) is 0 Å². The molecule has 0 aliphatic rings. The van der Waals surface area contributed by atoms with Crippen molar-refractivity contribution in [2.75, 3.05) is 24.2 Å². The molecule has 0 spiro atoms. The van der Waals surface area contributed by atoms with Crippen LogP contribution in [0.5, 0.6) is 5.75 Å². The summed E-state index contributed by atoms with van der Waals surface area (Å²) in [6, 6.07) is 7.62. The Morgan fingerprint density at radius 3 is 2.38 bits per heavy atom. The highest BCUT2D eigenvalue weighted by atomic mass is 32.2.